The minimum absolute atomic E-state index is 0.198. The molecule has 2 heterocycles. The smallest absolute Gasteiger partial charge is 0.279 e. The van der Waals surface area contributed by atoms with E-state index in [1.54, 1.807) is 12.1 Å². The van der Waals surface area contributed by atoms with Crippen molar-refractivity contribution in [1.29, 1.82) is 0 Å². The summed E-state index contributed by atoms with van der Waals surface area (Å²) in [6, 6.07) is 3.94. The Morgan fingerprint density at radius 1 is 1.40 bits per heavy atom. The molecule has 1 aromatic rings. The molecule has 2 amide bonds. The first-order valence-electron chi connectivity index (χ1n) is 6.70. The highest BCUT2D eigenvalue weighted by Gasteiger charge is 2.19. The van der Waals surface area contributed by atoms with E-state index in [0.717, 1.165) is 25.9 Å². The van der Waals surface area contributed by atoms with E-state index in [1.165, 1.54) is 11.3 Å². The summed E-state index contributed by atoms with van der Waals surface area (Å²) in [4.78, 5) is 26.1. The van der Waals surface area contributed by atoms with E-state index < -0.39 is 0 Å². The summed E-state index contributed by atoms with van der Waals surface area (Å²) < 4.78 is 0. The van der Waals surface area contributed by atoms with Crippen LogP contribution in [0.25, 0.3) is 0 Å². The van der Waals surface area contributed by atoms with E-state index in [4.69, 9.17) is 0 Å². The molecule has 0 aromatic carbocycles. The zero-order valence-electron chi connectivity index (χ0n) is 11.5. The van der Waals surface area contributed by atoms with Gasteiger partial charge in [0.1, 0.15) is 0 Å². The van der Waals surface area contributed by atoms with Gasteiger partial charge in [0.25, 0.3) is 11.8 Å². The average molecular weight is 296 g/mol. The molecule has 0 saturated carbocycles. The van der Waals surface area contributed by atoms with Crippen LogP contribution in [0, 0.1) is 0 Å². The number of thiophene rings is 1. The SMILES string of the molecule is CN(CC(=O)NNC(=O)c1cccs1)C1CCNCC1. The van der Waals surface area contributed by atoms with Gasteiger partial charge in [-0.2, -0.15) is 0 Å². The Kier molecular flexibility index (Phi) is 5.51. The van der Waals surface area contributed by atoms with Crippen molar-refractivity contribution >= 4 is 23.2 Å². The number of likely N-dealkylation sites (N-methyl/N-ethyl adjacent to an activating group) is 1. The summed E-state index contributed by atoms with van der Waals surface area (Å²) in [5.41, 5.74) is 4.88. The van der Waals surface area contributed by atoms with Crippen LogP contribution in [0.5, 0.6) is 0 Å². The van der Waals surface area contributed by atoms with Crippen molar-refractivity contribution in [3.63, 3.8) is 0 Å². The van der Waals surface area contributed by atoms with Crippen molar-refractivity contribution in [3.8, 4) is 0 Å². The summed E-state index contributed by atoms with van der Waals surface area (Å²) in [7, 11) is 1.94. The largest absolute Gasteiger partial charge is 0.317 e. The average Bonchev–Trinajstić information content (AvgIpc) is 3.00. The maximum Gasteiger partial charge on any atom is 0.279 e. The number of nitrogens with one attached hydrogen (secondary N) is 3. The van der Waals surface area contributed by atoms with Gasteiger partial charge >= 0.3 is 0 Å². The van der Waals surface area contributed by atoms with E-state index in [1.807, 2.05) is 17.3 Å². The first-order chi connectivity index (χ1) is 9.66. The Morgan fingerprint density at radius 3 is 2.80 bits per heavy atom. The van der Waals surface area contributed by atoms with Crippen LogP contribution in [0.1, 0.15) is 22.5 Å². The van der Waals surface area contributed by atoms with Crippen LogP contribution < -0.4 is 16.2 Å². The molecule has 20 heavy (non-hydrogen) atoms. The lowest BCUT2D eigenvalue weighted by atomic mass is 10.1. The van der Waals surface area contributed by atoms with Crippen molar-refractivity contribution in [3.05, 3.63) is 22.4 Å². The van der Waals surface area contributed by atoms with Gasteiger partial charge in [-0.3, -0.25) is 25.3 Å². The number of amides is 2. The van der Waals surface area contributed by atoms with Crippen LogP contribution in [0.3, 0.4) is 0 Å². The molecule has 1 fully saturated rings. The lowest BCUT2D eigenvalue weighted by molar-refractivity contribution is -0.123. The van der Waals surface area contributed by atoms with E-state index in [-0.39, 0.29) is 18.4 Å². The third-order valence-corrected chi connectivity index (χ3v) is 4.25. The maximum atomic E-state index is 11.8. The predicted molar refractivity (Wildman–Crippen MR) is 78.4 cm³/mol. The fourth-order valence-corrected chi connectivity index (χ4v) is 2.86. The van der Waals surface area contributed by atoms with Gasteiger partial charge < -0.3 is 5.32 Å². The predicted octanol–water partition coefficient (Wildman–Crippen LogP) is 0.193. The highest BCUT2D eigenvalue weighted by molar-refractivity contribution is 7.12. The van der Waals surface area contributed by atoms with E-state index >= 15 is 0 Å². The highest BCUT2D eigenvalue weighted by Crippen LogP contribution is 2.09. The lowest BCUT2D eigenvalue weighted by Gasteiger charge is -2.31. The van der Waals surface area contributed by atoms with Crippen LogP contribution in [-0.2, 0) is 4.79 Å². The first-order valence-corrected chi connectivity index (χ1v) is 7.58. The monoisotopic (exact) mass is 296 g/mol. The first kappa shape index (κ1) is 15.0. The zero-order chi connectivity index (χ0) is 14.4. The second-order valence-electron chi connectivity index (χ2n) is 4.88. The zero-order valence-corrected chi connectivity index (χ0v) is 12.3. The van der Waals surface area contributed by atoms with E-state index in [0.29, 0.717) is 10.9 Å². The molecule has 0 bridgehead atoms. The molecule has 6 nitrogen and oxygen atoms in total. The normalized spacial score (nSPS) is 16.1. The van der Waals surface area contributed by atoms with Gasteiger partial charge in [0.15, 0.2) is 0 Å². The lowest BCUT2D eigenvalue weighted by Crippen LogP contribution is -2.49. The summed E-state index contributed by atoms with van der Waals surface area (Å²) in [5.74, 6) is -0.478. The van der Waals surface area contributed by atoms with Crippen LogP contribution in [0.4, 0.5) is 0 Å². The molecular formula is C13H20N4O2S. The molecule has 0 atom stereocenters. The summed E-state index contributed by atoms with van der Waals surface area (Å²) in [6.45, 7) is 2.27. The number of piperidine rings is 1. The molecule has 1 aliphatic rings. The molecule has 0 spiro atoms. The molecule has 7 heteroatoms. The number of hydrogen-bond acceptors (Lipinski definition) is 5. The molecule has 0 unspecified atom stereocenters. The van der Waals surface area contributed by atoms with Gasteiger partial charge in [-0.25, -0.2) is 0 Å². The van der Waals surface area contributed by atoms with Gasteiger partial charge in [-0.05, 0) is 44.4 Å². The number of carbonyl (C=O) groups is 2. The van der Waals surface area contributed by atoms with Crippen molar-refractivity contribution in [2.45, 2.75) is 18.9 Å². The van der Waals surface area contributed by atoms with Gasteiger partial charge in [0, 0.05) is 6.04 Å². The van der Waals surface area contributed by atoms with Crippen molar-refractivity contribution in [2.24, 2.45) is 0 Å². The summed E-state index contributed by atoms with van der Waals surface area (Å²) >= 11 is 1.34. The molecule has 1 aliphatic heterocycles. The maximum absolute atomic E-state index is 11.8. The van der Waals surface area contributed by atoms with Crippen LogP contribution in [0.15, 0.2) is 17.5 Å². The van der Waals surface area contributed by atoms with E-state index in [2.05, 4.69) is 16.2 Å². The third kappa shape index (κ3) is 4.29. The summed E-state index contributed by atoms with van der Waals surface area (Å²) in [6.07, 6.45) is 2.09. The number of hydrogen-bond donors (Lipinski definition) is 3. The second kappa shape index (κ2) is 7.37. The fourth-order valence-electron chi connectivity index (χ4n) is 2.24. The molecule has 0 radical (unpaired) electrons. The molecule has 0 aliphatic carbocycles. The van der Waals surface area contributed by atoms with Crippen LogP contribution in [0.2, 0.25) is 0 Å². The Hall–Kier alpha value is -1.44. The number of hydrazine groups is 1. The molecule has 3 N–H and O–H groups in total. The quantitative estimate of drug-likeness (QED) is 0.694. The number of nitrogens with zero attached hydrogens (tertiary/aromatic N) is 1. The molecule has 110 valence electrons. The molecule has 2 rings (SSSR count). The highest BCUT2D eigenvalue weighted by atomic mass is 32.1. The molecule has 1 saturated heterocycles. The Morgan fingerprint density at radius 2 is 2.15 bits per heavy atom. The van der Waals surface area contributed by atoms with Crippen molar-refractivity contribution in [1.82, 2.24) is 21.1 Å². The van der Waals surface area contributed by atoms with Gasteiger partial charge in [0.2, 0.25) is 0 Å². The third-order valence-electron chi connectivity index (χ3n) is 3.39. The Bertz CT molecular complexity index is 443. The van der Waals surface area contributed by atoms with Gasteiger partial charge in [-0.15, -0.1) is 11.3 Å². The molecule has 1 aromatic heterocycles. The summed E-state index contributed by atoms with van der Waals surface area (Å²) in [5, 5.41) is 5.12. The van der Waals surface area contributed by atoms with Gasteiger partial charge in [-0.1, -0.05) is 6.07 Å². The topological polar surface area (TPSA) is 73.5 Å². The number of rotatable bonds is 4. The molecular weight excluding hydrogens is 276 g/mol. The standard InChI is InChI=1S/C13H20N4O2S/c1-17(10-4-6-14-7-5-10)9-12(18)15-16-13(19)11-3-2-8-20-11/h2-3,8,10,14H,4-7,9H2,1H3,(H,15,18)(H,16,19). The van der Waals surface area contributed by atoms with Gasteiger partial charge in [0.05, 0.1) is 11.4 Å². The van der Waals surface area contributed by atoms with Crippen LogP contribution >= 0.6 is 11.3 Å². The van der Waals surface area contributed by atoms with E-state index in [9.17, 15) is 9.59 Å². The van der Waals surface area contributed by atoms with Crippen LogP contribution in [-0.4, -0.2) is 49.4 Å². The second-order valence-corrected chi connectivity index (χ2v) is 5.82. The minimum atomic E-state index is -0.280. The minimum Gasteiger partial charge on any atom is -0.317 e. The number of carbonyl (C=O) groups excluding carboxylic acids is 2. The Balaban J connectivity index is 1.70. The van der Waals surface area contributed by atoms with Crippen molar-refractivity contribution < 1.29 is 9.59 Å². The Labute approximate surface area is 122 Å². The fraction of sp³-hybridized carbons (Fsp3) is 0.538. The van der Waals surface area contributed by atoms with Crippen molar-refractivity contribution in [2.75, 3.05) is 26.7 Å².